The van der Waals surface area contributed by atoms with Crippen molar-refractivity contribution in [3.63, 3.8) is 0 Å². The van der Waals surface area contributed by atoms with Gasteiger partial charge < -0.3 is 10.6 Å². The SMILES string of the molecule is O=C(NC(C1CCC1)[C@@H]1CCCN1)c1nc(-c2ccccc2)cs1. The summed E-state index contributed by atoms with van der Waals surface area (Å²) in [6, 6.07) is 10.7. The van der Waals surface area contributed by atoms with Gasteiger partial charge >= 0.3 is 0 Å². The Morgan fingerprint density at radius 1 is 1.21 bits per heavy atom. The molecule has 24 heavy (non-hydrogen) atoms. The summed E-state index contributed by atoms with van der Waals surface area (Å²) in [5, 5.41) is 9.38. The molecule has 0 spiro atoms. The van der Waals surface area contributed by atoms with Crippen molar-refractivity contribution < 1.29 is 4.79 Å². The zero-order chi connectivity index (χ0) is 16.4. The summed E-state index contributed by atoms with van der Waals surface area (Å²) in [5.74, 6) is 0.603. The number of hydrogen-bond acceptors (Lipinski definition) is 4. The van der Waals surface area contributed by atoms with E-state index in [2.05, 4.69) is 15.6 Å². The van der Waals surface area contributed by atoms with E-state index in [0.29, 0.717) is 17.0 Å². The molecule has 0 radical (unpaired) electrons. The fraction of sp³-hybridized carbons (Fsp3) is 0.474. The van der Waals surface area contributed by atoms with Crippen LogP contribution in [0.1, 0.15) is 41.9 Å². The summed E-state index contributed by atoms with van der Waals surface area (Å²) < 4.78 is 0. The zero-order valence-corrected chi connectivity index (χ0v) is 14.5. The van der Waals surface area contributed by atoms with Crippen LogP contribution in [0.4, 0.5) is 0 Å². The lowest BCUT2D eigenvalue weighted by molar-refractivity contribution is 0.0880. The van der Waals surface area contributed by atoms with Crippen LogP contribution in [0.25, 0.3) is 11.3 Å². The molecule has 2 N–H and O–H groups in total. The molecule has 1 saturated carbocycles. The second-order valence-electron chi connectivity index (χ2n) is 6.80. The van der Waals surface area contributed by atoms with E-state index in [1.165, 1.54) is 37.0 Å². The van der Waals surface area contributed by atoms with Gasteiger partial charge in [0.25, 0.3) is 5.91 Å². The quantitative estimate of drug-likeness (QED) is 0.876. The molecule has 4 nitrogen and oxygen atoms in total. The van der Waals surface area contributed by atoms with Gasteiger partial charge in [0.1, 0.15) is 0 Å². The molecule has 2 aliphatic rings. The van der Waals surface area contributed by atoms with E-state index in [1.54, 1.807) is 0 Å². The van der Waals surface area contributed by atoms with Crippen LogP contribution in [0.3, 0.4) is 0 Å². The molecular formula is C19H23N3OS. The fourth-order valence-corrected chi connectivity index (χ4v) is 4.43. The normalized spacial score (nSPS) is 22.1. The molecule has 1 aliphatic heterocycles. The number of carbonyl (C=O) groups excluding carboxylic acids is 1. The Hall–Kier alpha value is -1.72. The highest BCUT2D eigenvalue weighted by Gasteiger charge is 2.36. The molecule has 2 heterocycles. The smallest absolute Gasteiger partial charge is 0.280 e. The molecule has 1 aromatic carbocycles. The molecule has 2 atom stereocenters. The van der Waals surface area contributed by atoms with Gasteiger partial charge in [0, 0.05) is 23.0 Å². The van der Waals surface area contributed by atoms with E-state index in [4.69, 9.17) is 0 Å². The highest BCUT2D eigenvalue weighted by molar-refractivity contribution is 7.12. The summed E-state index contributed by atoms with van der Waals surface area (Å²) in [7, 11) is 0. The minimum atomic E-state index is -0.0206. The van der Waals surface area contributed by atoms with Gasteiger partial charge in [0.2, 0.25) is 0 Å². The Labute approximate surface area is 146 Å². The van der Waals surface area contributed by atoms with Crippen LogP contribution in [-0.4, -0.2) is 29.5 Å². The van der Waals surface area contributed by atoms with E-state index < -0.39 is 0 Å². The second-order valence-corrected chi connectivity index (χ2v) is 7.66. The lowest BCUT2D eigenvalue weighted by atomic mass is 9.76. The predicted molar refractivity (Wildman–Crippen MR) is 97.2 cm³/mol. The fourth-order valence-electron chi connectivity index (χ4n) is 3.70. The highest BCUT2D eigenvalue weighted by atomic mass is 32.1. The van der Waals surface area contributed by atoms with E-state index in [1.807, 2.05) is 35.7 Å². The topological polar surface area (TPSA) is 54.0 Å². The summed E-state index contributed by atoms with van der Waals surface area (Å²) in [6.07, 6.45) is 6.12. The Morgan fingerprint density at radius 2 is 2.04 bits per heavy atom. The predicted octanol–water partition coefficient (Wildman–Crippen LogP) is 3.46. The summed E-state index contributed by atoms with van der Waals surface area (Å²) >= 11 is 1.43. The first-order chi connectivity index (χ1) is 11.8. The molecule has 1 unspecified atom stereocenters. The van der Waals surface area contributed by atoms with Crippen molar-refractivity contribution >= 4 is 17.2 Å². The van der Waals surface area contributed by atoms with Gasteiger partial charge in [-0.1, -0.05) is 36.8 Å². The van der Waals surface area contributed by atoms with Crippen molar-refractivity contribution in [2.24, 2.45) is 5.92 Å². The van der Waals surface area contributed by atoms with E-state index in [-0.39, 0.29) is 11.9 Å². The zero-order valence-electron chi connectivity index (χ0n) is 13.7. The number of aromatic nitrogens is 1. The molecule has 4 rings (SSSR count). The highest BCUT2D eigenvalue weighted by Crippen LogP contribution is 2.33. The molecule has 2 aromatic rings. The Morgan fingerprint density at radius 3 is 2.71 bits per heavy atom. The van der Waals surface area contributed by atoms with Gasteiger partial charge in [-0.15, -0.1) is 11.3 Å². The molecule has 1 aromatic heterocycles. The van der Waals surface area contributed by atoms with Gasteiger partial charge in [-0.3, -0.25) is 4.79 Å². The van der Waals surface area contributed by atoms with Crippen molar-refractivity contribution in [3.05, 3.63) is 40.7 Å². The molecular weight excluding hydrogens is 318 g/mol. The van der Waals surface area contributed by atoms with E-state index >= 15 is 0 Å². The number of nitrogens with one attached hydrogen (secondary N) is 2. The number of hydrogen-bond donors (Lipinski definition) is 2. The molecule has 126 valence electrons. The van der Waals surface area contributed by atoms with Crippen LogP contribution >= 0.6 is 11.3 Å². The number of amides is 1. The van der Waals surface area contributed by atoms with E-state index in [9.17, 15) is 4.79 Å². The molecule has 1 amide bonds. The Kier molecular flexibility index (Phi) is 4.63. The summed E-state index contributed by atoms with van der Waals surface area (Å²) in [6.45, 7) is 1.07. The number of thiazole rings is 1. The molecule has 5 heteroatoms. The van der Waals surface area contributed by atoms with Gasteiger partial charge in [-0.25, -0.2) is 4.98 Å². The van der Waals surface area contributed by atoms with Crippen LogP contribution in [0.5, 0.6) is 0 Å². The maximum Gasteiger partial charge on any atom is 0.280 e. The van der Waals surface area contributed by atoms with Crippen LogP contribution < -0.4 is 10.6 Å². The monoisotopic (exact) mass is 341 g/mol. The van der Waals surface area contributed by atoms with Gasteiger partial charge in [-0.2, -0.15) is 0 Å². The van der Waals surface area contributed by atoms with Gasteiger partial charge in [0.05, 0.1) is 5.69 Å². The second kappa shape index (κ2) is 7.03. The lowest BCUT2D eigenvalue weighted by Gasteiger charge is -2.37. The minimum absolute atomic E-state index is 0.0206. The number of benzene rings is 1. The van der Waals surface area contributed by atoms with Crippen molar-refractivity contribution in [1.82, 2.24) is 15.6 Å². The lowest BCUT2D eigenvalue weighted by Crippen LogP contribution is -2.53. The minimum Gasteiger partial charge on any atom is -0.345 e. The first-order valence-corrected chi connectivity index (χ1v) is 9.74. The number of carbonyl (C=O) groups is 1. The third kappa shape index (κ3) is 3.23. The maximum absolute atomic E-state index is 12.7. The third-order valence-corrected chi connectivity index (χ3v) is 6.10. The first kappa shape index (κ1) is 15.8. The van der Waals surface area contributed by atoms with Crippen LogP contribution in [-0.2, 0) is 0 Å². The van der Waals surface area contributed by atoms with Crippen LogP contribution in [0, 0.1) is 5.92 Å². The number of rotatable bonds is 5. The molecule has 0 bridgehead atoms. The molecule has 2 fully saturated rings. The van der Waals surface area contributed by atoms with Crippen LogP contribution in [0.15, 0.2) is 35.7 Å². The Balaban J connectivity index is 1.47. The van der Waals surface area contributed by atoms with Gasteiger partial charge in [-0.05, 0) is 38.1 Å². The number of nitrogens with zero attached hydrogens (tertiary/aromatic N) is 1. The first-order valence-electron chi connectivity index (χ1n) is 8.86. The third-order valence-electron chi connectivity index (χ3n) is 5.26. The average Bonchev–Trinajstić information content (AvgIpc) is 3.25. The maximum atomic E-state index is 12.7. The van der Waals surface area contributed by atoms with Crippen molar-refractivity contribution in [2.75, 3.05) is 6.54 Å². The summed E-state index contributed by atoms with van der Waals surface area (Å²) in [5.41, 5.74) is 1.94. The standard InChI is InChI=1S/C19H23N3OS/c23-18(19-21-16(12-24-19)13-6-2-1-3-7-13)22-17(14-8-4-9-14)15-10-5-11-20-15/h1-3,6-7,12,14-15,17,20H,4-5,8-11H2,(H,22,23)/t15-,17?/m0/s1. The van der Waals surface area contributed by atoms with E-state index in [0.717, 1.165) is 24.2 Å². The largest absolute Gasteiger partial charge is 0.345 e. The summed E-state index contributed by atoms with van der Waals surface area (Å²) in [4.78, 5) is 17.3. The Bertz CT molecular complexity index is 690. The van der Waals surface area contributed by atoms with Crippen LogP contribution in [0.2, 0.25) is 0 Å². The van der Waals surface area contributed by atoms with Crippen molar-refractivity contribution in [2.45, 2.75) is 44.2 Å². The van der Waals surface area contributed by atoms with Gasteiger partial charge in [0.15, 0.2) is 5.01 Å². The van der Waals surface area contributed by atoms with Crippen molar-refractivity contribution in [1.29, 1.82) is 0 Å². The average molecular weight is 341 g/mol. The van der Waals surface area contributed by atoms with Crippen molar-refractivity contribution in [3.8, 4) is 11.3 Å². The molecule has 1 aliphatic carbocycles. The molecule has 1 saturated heterocycles.